The molecular weight excluding hydrogens is 328 g/mol. The molecule has 6 heteroatoms. The molecule has 3 heterocycles. The lowest BCUT2D eigenvalue weighted by Crippen LogP contribution is -2.40. The number of rotatable bonds is 3. The number of pyridine rings is 2. The van der Waals surface area contributed by atoms with Crippen LogP contribution in [-0.4, -0.2) is 26.8 Å². The number of urea groups is 1. The highest BCUT2D eigenvalue weighted by Gasteiger charge is 2.49. The van der Waals surface area contributed by atoms with E-state index in [4.69, 9.17) is 0 Å². The lowest BCUT2D eigenvalue weighted by Gasteiger charge is -2.22. The summed E-state index contributed by atoms with van der Waals surface area (Å²) in [7, 11) is 0. The number of carbonyl (C=O) groups excluding carboxylic acids is 2. The molecule has 1 aromatic carbocycles. The quantitative estimate of drug-likeness (QED) is 0.740. The molecule has 3 aromatic rings. The van der Waals surface area contributed by atoms with E-state index in [0.29, 0.717) is 5.56 Å². The average molecular weight is 346 g/mol. The summed E-state index contributed by atoms with van der Waals surface area (Å²) in [5, 5.41) is 3.75. The van der Waals surface area contributed by atoms with E-state index in [0.717, 1.165) is 22.2 Å². The highest BCUT2D eigenvalue weighted by atomic mass is 16.2. The number of para-hydroxylation sites is 1. The third-order valence-corrected chi connectivity index (χ3v) is 4.77. The van der Waals surface area contributed by atoms with Crippen LogP contribution in [0.15, 0.2) is 54.9 Å². The Bertz CT molecular complexity index is 1020. The highest BCUT2D eigenvalue weighted by molar-refractivity contribution is 6.07. The van der Waals surface area contributed by atoms with Crippen molar-refractivity contribution in [3.05, 3.63) is 71.7 Å². The predicted octanol–water partition coefficient (Wildman–Crippen LogP) is 2.91. The van der Waals surface area contributed by atoms with Crippen LogP contribution in [0.3, 0.4) is 0 Å². The van der Waals surface area contributed by atoms with Gasteiger partial charge in [0.2, 0.25) is 0 Å². The first-order valence-corrected chi connectivity index (χ1v) is 8.39. The molecule has 1 saturated heterocycles. The summed E-state index contributed by atoms with van der Waals surface area (Å²) >= 11 is 0. The molecule has 26 heavy (non-hydrogen) atoms. The van der Waals surface area contributed by atoms with Crippen molar-refractivity contribution < 1.29 is 9.59 Å². The number of fused-ring (bicyclic) bond motifs is 1. The number of hydrogen-bond donors (Lipinski definition) is 1. The van der Waals surface area contributed by atoms with Crippen LogP contribution in [0.2, 0.25) is 0 Å². The Hall–Kier alpha value is -3.28. The van der Waals surface area contributed by atoms with Crippen molar-refractivity contribution in [2.45, 2.75) is 25.9 Å². The molecule has 1 fully saturated rings. The first-order chi connectivity index (χ1) is 12.5. The molecule has 1 atom stereocenters. The van der Waals surface area contributed by atoms with Crippen LogP contribution in [0.25, 0.3) is 10.9 Å². The third-order valence-electron chi connectivity index (χ3n) is 4.77. The van der Waals surface area contributed by atoms with Gasteiger partial charge in [-0.25, -0.2) is 4.79 Å². The monoisotopic (exact) mass is 346 g/mol. The van der Waals surface area contributed by atoms with Crippen LogP contribution in [-0.2, 0) is 16.9 Å². The normalized spacial score (nSPS) is 19.8. The predicted molar refractivity (Wildman–Crippen MR) is 97.2 cm³/mol. The fourth-order valence-corrected chi connectivity index (χ4v) is 3.39. The molecule has 3 amide bonds. The number of amides is 3. The van der Waals surface area contributed by atoms with Gasteiger partial charge in [-0.2, -0.15) is 0 Å². The number of benzene rings is 1. The number of aryl methyl sites for hydroxylation is 1. The summed E-state index contributed by atoms with van der Waals surface area (Å²) in [5.74, 6) is -0.283. The van der Waals surface area contributed by atoms with Crippen LogP contribution >= 0.6 is 0 Å². The molecule has 0 aliphatic carbocycles. The number of hydrogen-bond acceptors (Lipinski definition) is 4. The average Bonchev–Trinajstić information content (AvgIpc) is 2.86. The zero-order valence-electron chi connectivity index (χ0n) is 14.6. The van der Waals surface area contributed by atoms with Gasteiger partial charge in [0, 0.05) is 29.0 Å². The van der Waals surface area contributed by atoms with Crippen molar-refractivity contribution in [2.24, 2.45) is 0 Å². The van der Waals surface area contributed by atoms with Crippen LogP contribution in [0.4, 0.5) is 4.79 Å². The zero-order chi connectivity index (χ0) is 18.3. The van der Waals surface area contributed by atoms with Crippen molar-refractivity contribution in [2.75, 3.05) is 0 Å². The Morgan fingerprint density at radius 2 is 1.96 bits per heavy atom. The first-order valence-electron chi connectivity index (χ1n) is 8.39. The maximum absolute atomic E-state index is 13.1. The Labute approximate surface area is 150 Å². The fourth-order valence-electron chi connectivity index (χ4n) is 3.39. The minimum atomic E-state index is -1.11. The van der Waals surface area contributed by atoms with E-state index < -0.39 is 11.6 Å². The molecule has 0 spiro atoms. The van der Waals surface area contributed by atoms with E-state index in [1.54, 1.807) is 31.5 Å². The summed E-state index contributed by atoms with van der Waals surface area (Å²) in [6.07, 6.45) is 3.24. The van der Waals surface area contributed by atoms with Gasteiger partial charge < -0.3 is 5.32 Å². The van der Waals surface area contributed by atoms with E-state index in [2.05, 4.69) is 15.3 Å². The molecule has 130 valence electrons. The maximum atomic E-state index is 13.1. The number of nitrogens with one attached hydrogen (secondary N) is 1. The fraction of sp³-hybridized carbons (Fsp3) is 0.200. The Morgan fingerprint density at radius 1 is 1.15 bits per heavy atom. The Morgan fingerprint density at radius 3 is 2.73 bits per heavy atom. The third kappa shape index (κ3) is 2.50. The lowest BCUT2D eigenvalue weighted by atomic mass is 9.93. The number of nitrogens with zero attached hydrogens (tertiary/aromatic N) is 3. The van der Waals surface area contributed by atoms with E-state index in [-0.39, 0.29) is 12.5 Å². The summed E-state index contributed by atoms with van der Waals surface area (Å²) in [6.45, 7) is 3.81. The summed E-state index contributed by atoms with van der Waals surface area (Å²) in [6, 6.07) is 12.8. The van der Waals surface area contributed by atoms with E-state index >= 15 is 0 Å². The molecule has 0 bridgehead atoms. The van der Waals surface area contributed by atoms with Crippen LogP contribution < -0.4 is 5.32 Å². The minimum Gasteiger partial charge on any atom is -0.319 e. The number of aromatic nitrogens is 2. The van der Waals surface area contributed by atoms with E-state index in [1.165, 1.54) is 4.90 Å². The van der Waals surface area contributed by atoms with Crippen molar-refractivity contribution in [1.82, 2.24) is 20.2 Å². The molecule has 0 saturated carbocycles. The van der Waals surface area contributed by atoms with Gasteiger partial charge in [-0.1, -0.05) is 24.3 Å². The summed E-state index contributed by atoms with van der Waals surface area (Å²) in [4.78, 5) is 35.5. The van der Waals surface area contributed by atoms with Gasteiger partial charge in [0.15, 0.2) is 0 Å². The van der Waals surface area contributed by atoms with Crippen LogP contribution in [0.5, 0.6) is 0 Å². The molecule has 1 unspecified atom stereocenters. The van der Waals surface area contributed by atoms with Gasteiger partial charge in [-0.15, -0.1) is 0 Å². The summed E-state index contributed by atoms with van der Waals surface area (Å²) in [5.41, 5.74) is 2.15. The van der Waals surface area contributed by atoms with Crippen molar-refractivity contribution in [3.63, 3.8) is 0 Å². The standard InChI is InChI=1S/C20H18N4O2/c1-13-10-14(16-7-3-4-8-17(16)22-13)12-24-18(25)20(2,23-19(24)26)15-6-5-9-21-11-15/h3-11H,12H2,1-2H3,(H,23,26). The van der Waals surface area contributed by atoms with E-state index in [1.807, 2.05) is 37.3 Å². The summed E-state index contributed by atoms with van der Waals surface area (Å²) < 4.78 is 0. The molecule has 6 nitrogen and oxygen atoms in total. The first kappa shape index (κ1) is 16.2. The largest absolute Gasteiger partial charge is 0.325 e. The second-order valence-electron chi connectivity index (χ2n) is 6.63. The van der Waals surface area contributed by atoms with Crippen molar-refractivity contribution in [3.8, 4) is 0 Å². The molecule has 1 aliphatic heterocycles. The molecule has 0 radical (unpaired) electrons. The Balaban J connectivity index is 1.72. The second-order valence-corrected chi connectivity index (χ2v) is 6.63. The smallest absolute Gasteiger partial charge is 0.319 e. The van der Waals surface area contributed by atoms with Crippen molar-refractivity contribution in [1.29, 1.82) is 0 Å². The van der Waals surface area contributed by atoms with Gasteiger partial charge in [0.05, 0.1) is 12.1 Å². The SMILES string of the molecule is Cc1cc(CN2C(=O)NC(C)(c3cccnc3)C2=O)c2ccccc2n1. The van der Waals surface area contributed by atoms with Gasteiger partial charge >= 0.3 is 6.03 Å². The lowest BCUT2D eigenvalue weighted by molar-refractivity contribution is -0.131. The van der Waals surface area contributed by atoms with Crippen molar-refractivity contribution >= 4 is 22.8 Å². The topological polar surface area (TPSA) is 75.2 Å². The van der Waals surface area contributed by atoms with Gasteiger partial charge in [-0.3, -0.25) is 19.7 Å². The van der Waals surface area contributed by atoms with Crippen LogP contribution in [0, 0.1) is 6.92 Å². The van der Waals surface area contributed by atoms with E-state index in [9.17, 15) is 9.59 Å². The van der Waals surface area contributed by atoms with Gasteiger partial charge in [-0.05, 0) is 37.6 Å². The number of carbonyl (C=O) groups is 2. The molecule has 1 aliphatic rings. The molecular formula is C20H18N4O2. The molecule has 1 N–H and O–H groups in total. The molecule has 4 rings (SSSR count). The second kappa shape index (κ2) is 5.91. The zero-order valence-corrected chi connectivity index (χ0v) is 14.6. The Kier molecular flexibility index (Phi) is 3.68. The van der Waals surface area contributed by atoms with Gasteiger partial charge in [0.1, 0.15) is 5.54 Å². The molecule has 2 aromatic heterocycles. The minimum absolute atomic E-state index is 0.199. The number of imide groups is 1. The van der Waals surface area contributed by atoms with Crippen LogP contribution in [0.1, 0.15) is 23.7 Å². The van der Waals surface area contributed by atoms with Gasteiger partial charge in [0.25, 0.3) is 5.91 Å². The highest BCUT2D eigenvalue weighted by Crippen LogP contribution is 2.30. The maximum Gasteiger partial charge on any atom is 0.325 e.